The van der Waals surface area contributed by atoms with E-state index in [2.05, 4.69) is 35.9 Å². The largest absolute Gasteiger partial charge is 0.488 e. The highest BCUT2D eigenvalue weighted by atomic mass is 16.6. The molecule has 0 aliphatic rings. The number of aromatic nitrogens is 2. The molecule has 1 aromatic heterocycles. The fourth-order valence-electron chi connectivity index (χ4n) is 4.76. The van der Waals surface area contributed by atoms with Crippen molar-refractivity contribution in [3.63, 3.8) is 0 Å². The van der Waals surface area contributed by atoms with E-state index < -0.39 is 16.6 Å². The molecule has 0 amide bonds. The lowest BCUT2D eigenvalue weighted by atomic mass is 10.0. The Balaban J connectivity index is 1.61. The van der Waals surface area contributed by atoms with Crippen molar-refractivity contribution in [3.05, 3.63) is 70.0 Å². The lowest BCUT2D eigenvalue weighted by Gasteiger charge is -2.16. The highest BCUT2D eigenvalue weighted by Gasteiger charge is 2.26. The number of carbonyl (C=O) groups is 1. The SMILES string of the molecule is CCCCCCCCc1ccc(-c2cnc(OC(=O)c3cc(N)c(OC(C)CCCCCC)cc3[N+](=O)[O-])cn2)cc1. The van der Waals surface area contributed by atoms with E-state index >= 15 is 0 Å². The van der Waals surface area contributed by atoms with Gasteiger partial charge in [-0.15, -0.1) is 0 Å². The summed E-state index contributed by atoms with van der Waals surface area (Å²) in [6, 6.07) is 10.6. The average Bonchev–Trinajstić information content (AvgIpc) is 2.98. The molecular weight excluding hydrogens is 532 g/mol. The number of nitro groups is 1. The summed E-state index contributed by atoms with van der Waals surface area (Å²) in [6.45, 7) is 6.26. The number of hydrogen-bond donors (Lipinski definition) is 1. The summed E-state index contributed by atoms with van der Waals surface area (Å²) in [5.74, 6) is -0.852. The van der Waals surface area contributed by atoms with E-state index in [0.717, 1.165) is 44.1 Å². The molecule has 2 N–H and O–H groups in total. The third kappa shape index (κ3) is 10.1. The fourth-order valence-corrected chi connectivity index (χ4v) is 4.76. The predicted octanol–water partition coefficient (Wildman–Crippen LogP) is 8.49. The molecule has 1 atom stereocenters. The second-order valence-electron chi connectivity index (χ2n) is 10.8. The number of rotatable bonds is 18. The molecule has 0 saturated heterocycles. The molecule has 9 heteroatoms. The molecule has 0 spiro atoms. The second-order valence-corrected chi connectivity index (χ2v) is 10.8. The Hall–Kier alpha value is -4.01. The Labute approximate surface area is 249 Å². The van der Waals surface area contributed by atoms with Crippen LogP contribution in [-0.2, 0) is 6.42 Å². The highest BCUT2D eigenvalue weighted by molar-refractivity contribution is 5.97. The minimum Gasteiger partial charge on any atom is -0.488 e. The van der Waals surface area contributed by atoms with Crippen LogP contribution in [0.4, 0.5) is 11.4 Å². The van der Waals surface area contributed by atoms with Gasteiger partial charge in [-0.05, 0) is 44.2 Å². The molecule has 0 bridgehead atoms. The Kier molecular flexibility index (Phi) is 13.2. The molecule has 9 nitrogen and oxygen atoms in total. The number of carbonyl (C=O) groups excluding carboxylic acids is 1. The molecule has 3 rings (SSSR count). The van der Waals surface area contributed by atoms with Crippen LogP contribution in [0.3, 0.4) is 0 Å². The predicted molar refractivity (Wildman–Crippen MR) is 166 cm³/mol. The molecule has 42 heavy (non-hydrogen) atoms. The Morgan fingerprint density at radius 3 is 2.24 bits per heavy atom. The van der Waals surface area contributed by atoms with Gasteiger partial charge in [0.05, 0.1) is 40.9 Å². The maximum Gasteiger partial charge on any atom is 0.352 e. The van der Waals surface area contributed by atoms with Crippen LogP contribution in [0.2, 0.25) is 0 Å². The normalized spacial score (nSPS) is 11.7. The van der Waals surface area contributed by atoms with Gasteiger partial charge in [-0.2, -0.15) is 0 Å². The summed E-state index contributed by atoms with van der Waals surface area (Å²) in [5.41, 5.74) is 8.30. The number of nitro benzene ring substituents is 1. The van der Waals surface area contributed by atoms with Crippen molar-refractivity contribution in [1.29, 1.82) is 0 Å². The van der Waals surface area contributed by atoms with Crippen LogP contribution in [0.1, 0.15) is 107 Å². The van der Waals surface area contributed by atoms with Crippen molar-refractivity contribution in [3.8, 4) is 22.9 Å². The summed E-state index contributed by atoms with van der Waals surface area (Å²) >= 11 is 0. The first-order valence-electron chi connectivity index (χ1n) is 15.2. The van der Waals surface area contributed by atoms with Crippen molar-refractivity contribution < 1.29 is 19.2 Å². The van der Waals surface area contributed by atoms with Gasteiger partial charge in [0.2, 0.25) is 5.88 Å². The van der Waals surface area contributed by atoms with Crippen LogP contribution in [0.15, 0.2) is 48.8 Å². The molecule has 3 aromatic rings. The van der Waals surface area contributed by atoms with Crippen LogP contribution < -0.4 is 15.2 Å². The van der Waals surface area contributed by atoms with Crippen LogP contribution in [-0.4, -0.2) is 27.0 Å². The number of nitrogens with two attached hydrogens (primary N) is 1. The summed E-state index contributed by atoms with van der Waals surface area (Å²) in [5, 5.41) is 11.8. The molecule has 0 aliphatic carbocycles. The number of unbranched alkanes of at least 4 members (excludes halogenated alkanes) is 8. The molecule has 226 valence electrons. The zero-order valence-corrected chi connectivity index (χ0v) is 25.1. The van der Waals surface area contributed by atoms with Gasteiger partial charge in [0.1, 0.15) is 11.3 Å². The molecular formula is C33H44N4O5. The topological polar surface area (TPSA) is 130 Å². The third-order valence-electron chi connectivity index (χ3n) is 7.23. The average molecular weight is 577 g/mol. The number of benzene rings is 2. The first-order chi connectivity index (χ1) is 20.3. The summed E-state index contributed by atoms with van der Waals surface area (Å²) in [4.78, 5) is 32.6. The number of aryl methyl sites for hydroxylation is 1. The van der Waals surface area contributed by atoms with Gasteiger partial charge < -0.3 is 15.2 Å². The summed E-state index contributed by atoms with van der Waals surface area (Å²) < 4.78 is 11.2. The number of esters is 1. The van der Waals surface area contributed by atoms with Gasteiger partial charge in [0.15, 0.2) is 0 Å². The van der Waals surface area contributed by atoms with E-state index in [0.29, 0.717) is 5.69 Å². The van der Waals surface area contributed by atoms with E-state index in [1.165, 1.54) is 68.6 Å². The Bertz CT molecular complexity index is 1280. The summed E-state index contributed by atoms with van der Waals surface area (Å²) in [6.07, 6.45) is 16.5. The van der Waals surface area contributed by atoms with Crippen molar-refractivity contribution in [1.82, 2.24) is 9.97 Å². The van der Waals surface area contributed by atoms with Gasteiger partial charge in [0.25, 0.3) is 5.69 Å². The summed E-state index contributed by atoms with van der Waals surface area (Å²) in [7, 11) is 0. The van der Waals surface area contributed by atoms with Crippen LogP contribution in [0, 0.1) is 10.1 Å². The standard InChI is InChI=1S/C33H44N4O5/c1-4-6-8-10-11-13-15-25-16-18-26(19-17-25)29-22-36-32(23-35-29)42-33(38)27-20-28(34)31(21-30(27)37(39)40)41-24(3)14-12-9-7-5-2/h16-24H,4-15,34H2,1-3H3. The molecule has 0 radical (unpaired) electrons. The molecule has 0 aliphatic heterocycles. The monoisotopic (exact) mass is 576 g/mol. The molecule has 0 saturated carbocycles. The first-order valence-corrected chi connectivity index (χ1v) is 15.2. The first kappa shape index (κ1) is 32.5. The maximum atomic E-state index is 12.9. The minimum absolute atomic E-state index is 0.0719. The van der Waals surface area contributed by atoms with Crippen LogP contribution in [0.25, 0.3) is 11.3 Å². The fraction of sp³-hybridized carbons (Fsp3) is 0.485. The van der Waals surface area contributed by atoms with E-state index in [9.17, 15) is 14.9 Å². The van der Waals surface area contributed by atoms with Gasteiger partial charge >= 0.3 is 5.97 Å². The van der Waals surface area contributed by atoms with Crippen molar-refractivity contribution >= 4 is 17.3 Å². The molecule has 2 aromatic carbocycles. The van der Waals surface area contributed by atoms with Crippen LogP contribution in [0.5, 0.6) is 11.6 Å². The van der Waals surface area contributed by atoms with Gasteiger partial charge in [0, 0.05) is 5.56 Å². The Morgan fingerprint density at radius 2 is 1.60 bits per heavy atom. The number of anilines is 1. The highest BCUT2D eigenvalue weighted by Crippen LogP contribution is 2.33. The smallest absolute Gasteiger partial charge is 0.352 e. The number of ether oxygens (including phenoxy) is 2. The molecule has 1 heterocycles. The van der Waals surface area contributed by atoms with Gasteiger partial charge in [-0.1, -0.05) is 89.5 Å². The number of nitrogens with zero attached hydrogens (tertiary/aromatic N) is 3. The van der Waals surface area contributed by atoms with Gasteiger partial charge in [-0.25, -0.2) is 14.8 Å². The van der Waals surface area contributed by atoms with Gasteiger partial charge in [-0.3, -0.25) is 10.1 Å². The van der Waals surface area contributed by atoms with Crippen molar-refractivity contribution in [2.24, 2.45) is 0 Å². The minimum atomic E-state index is -0.950. The van der Waals surface area contributed by atoms with E-state index in [1.54, 1.807) is 0 Å². The third-order valence-corrected chi connectivity index (χ3v) is 7.23. The zero-order valence-electron chi connectivity index (χ0n) is 25.1. The Morgan fingerprint density at radius 1 is 0.929 bits per heavy atom. The second kappa shape index (κ2) is 17.1. The zero-order chi connectivity index (χ0) is 30.3. The van der Waals surface area contributed by atoms with Crippen LogP contribution >= 0.6 is 0 Å². The van der Waals surface area contributed by atoms with E-state index in [4.69, 9.17) is 15.2 Å². The van der Waals surface area contributed by atoms with Crippen molar-refractivity contribution in [2.45, 2.75) is 104 Å². The maximum absolute atomic E-state index is 12.9. The number of hydrogen-bond acceptors (Lipinski definition) is 8. The molecule has 1 unspecified atom stereocenters. The lowest BCUT2D eigenvalue weighted by Crippen LogP contribution is -2.16. The lowest BCUT2D eigenvalue weighted by molar-refractivity contribution is -0.385. The van der Waals surface area contributed by atoms with E-state index in [1.807, 2.05) is 19.1 Å². The van der Waals surface area contributed by atoms with E-state index in [-0.39, 0.29) is 29.0 Å². The number of nitrogen functional groups attached to an aromatic ring is 1. The van der Waals surface area contributed by atoms with Crippen molar-refractivity contribution in [2.75, 3.05) is 5.73 Å². The molecule has 0 fully saturated rings. The quantitative estimate of drug-likeness (QED) is 0.0524.